The summed E-state index contributed by atoms with van der Waals surface area (Å²) in [5.41, 5.74) is 1.73. The molecule has 2 heterocycles. The van der Waals surface area contributed by atoms with E-state index in [0.29, 0.717) is 6.04 Å². The Kier molecular flexibility index (Phi) is 3.60. The molecule has 0 aliphatic rings. The predicted octanol–water partition coefficient (Wildman–Crippen LogP) is 3.17. The number of anilines is 1. The Morgan fingerprint density at radius 2 is 2.00 bits per heavy atom. The number of hydrogen-bond donors (Lipinski definition) is 1. The average Bonchev–Trinajstić information content (AvgIpc) is 2.78. The lowest BCUT2D eigenvalue weighted by Gasteiger charge is -2.12. The van der Waals surface area contributed by atoms with E-state index in [9.17, 15) is 4.39 Å². The zero-order valence-electron chi connectivity index (χ0n) is 10.8. The van der Waals surface area contributed by atoms with Gasteiger partial charge in [-0.2, -0.15) is 5.10 Å². The fraction of sp³-hybridized carbons (Fsp3) is 0.385. The summed E-state index contributed by atoms with van der Waals surface area (Å²) in [5.74, 6) is -0.321. The van der Waals surface area contributed by atoms with Gasteiger partial charge in [0.05, 0.1) is 29.8 Å². The Morgan fingerprint density at radius 3 is 2.56 bits per heavy atom. The summed E-state index contributed by atoms with van der Waals surface area (Å²) < 4.78 is 14.7. The molecule has 0 aliphatic carbocycles. The summed E-state index contributed by atoms with van der Waals surface area (Å²) in [6.07, 6.45) is 4.95. The van der Waals surface area contributed by atoms with E-state index in [0.717, 1.165) is 11.4 Å². The van der Waals surface area contributed by atoms with Gasteiger partial charge in [0, 0.05) is 12.2 Å². The van der Waals surface area contributed by atoms with Crippen LogP contribution in [-0.4, -0.2) is 14.8 Å². The van der Waals surface area contributed by atoms with Gasteiger partial charge in [0.15, 0.2) is 0 Å². The summed E-state index contributed by atoms with van der Waals surface area (Å²) in [4.78, 5) is 4.05. The first-order chi connectivity index (χ1) is 8.56. The molecular weight excluding hydrogens is 231 g/mol. The molecule has 2 aromatic heterocycles. The van der Waals surface area contributed by atoms with E-state index < -0.39 is 0 Å². The smallest absolute Gasteiger partial charge is 0.141 e. The average molecular weight is 248 g/mol. The van der Waals surface area contributed by atoms with Gasteiger partial charge in [-0.05, 0) is 32.9 Å². The fourth-order valence-electron chi connectivity index (χ4n) is 1.66. The quantitative estimate of drug-likeness (QED) is 0.903. The van der Waals surface area contributed by atoms with Crippen LogP contribution >= 0.6 is 0 Å². The second-order valence-corrected chi connectivity index (χ2v) is 4.57. The second kappa shape index (κ2) is 5.16. The highest BCUT2D eigenvalue weighted by Gasteiger charge is 2.08. The van der Waals surface area contributed by atoms with Crippen molar-refractivity contribution < 1.29 is 4.39 Å². The van der Waals surface area contributed by atoms with Gasteiger partial charge in [0.1, 0.15) is 5.82 Å². The first kappa shape index (κ1) is 12.5. The van der Waals surface area contributed by atoms with Crippen molar-refractivity contribution in [3.05, 3.63) is 42.2 Å². The minimum Gasteiger partial charge on any atom is -0.374 e. The van der Waals surface area contributed by atoms with E-state index in [1.807, 2.05) is 17.8 Å². The van der Waals surface area contributed by atoms with Gasteiger partial charge >= 0.3 is 0 Å². The standard InChI is InChI=1S/C13H17FN4/c1-9(2)18-8-12(7-16-18)17-10(3)13-5-4-11(14)6-15-13/h4-10,17H,1-3H3. The van der Waals surface area contributed by atoms with Crippen molar-refractivity contribution in [3.8, 4) is 0 Å². The number of pyridine rings is 1. The van der Waals surface area contributed by atoms with E-state index in [-0.39, 0.29) is 11.9 Å². The van der Waals surface area contributed by atoms with Crippen LogP contribution in [0.2, 0.25) is 0 Å². The van der Waals surface area contributed by atoms with Crippen molar-refractivity contribution in [1.29, 1.82) is 0 Å². The highest BCUT2D eigenvalue weighted by atomic mass is 19.1. The van der Waals surface area contributed by atoms with Crippen molar-refractivity contribution in [1.82, 2.24) is 14.8 Å². The predicted molar refractivity (Wildman–Crippen MR) is 68.8 cm³/mol. The van der Waals surface area contributed by atoms with Crippen LogP contribution in [0.25, 0.3) is 0 Å². The Bertz CT molecular complexity index is 504. The molecule has 1 unspecified atom stereocenters. The van der Waals surface area contributed by atoms with Gasteiger partial charge in [-0.3, -0.25) is 9.67 Å². The third-order valence-corrected chi connectivity index (χ3v) is 2.71. The number of rotatable bonds is 4. The van der Waals surface area contributed by atoms with E-state index in [1.54, 1.807) is 12.3 Å². The van der Waals surface area contributed by atoms with Crippen LogP contribution in [0.1, 0.15) is 38.5 Å². The molecule has 0 radical (unpaired) electrons. The first-order valence-corrected chi connectivity index (χ1v) is 5.98. The van der Waals surface area contributed by atoms with Crippen LogP contribution in [0.4, 0.5) is 10.1 Å². The Morgan fingerprint density at radius 1 is 1.22 bits per heavy atom. The van der Waals surface area contributed by atoms with Crippen molar-refractivity contribution >= 4 is 5.69 Å². The van der Waals surface area contributed by atoms with Crippen LogP contribution in [0, 0.1) is 5.82 Å². The monoisotopic (exact) mass is 248 g/mol. The molecule has 2 rings (SSSR count). The highest BCUT2D eigenvalue weighted by Crippen LogP contribution is 2.18. The number of halogens is 1. The van der Waals surface area contributed by atoms with Crippen LogP contribution in [0.3, 0.4) is 0 Å². The zero-order valence-corrected chi connectivity index (χ0v) is 10.8. The van der Waals surface area contributed by atoms with Gasteiger partial charge in [-0.15, -0.1) is 0 Å². The molecule has 0 bridgehead atoms. The maximum absolute atomic E-state index is 12.8. The molecule has 18 heavy (non-hydrogen) atoms. The number of nitrogens with one attached hydrogen (secondary N) is 1. The lowest BCUT2D eigenvalue weighted by Crippen LogP contribution is -2.08. The summed E-state index contributed by atoms with van der Waals surface area (Å²) in [5, 5.41) is 7.53. The summed E-state index contributed by atoms with van der Waals surface area (Å²) in [7, 11) is 0. The maximum atomic E-state index is 12.8. The van der Waals surface area contributed by atoms with E-state index in [4.69, 9.17) is 0 Å². The minimum absolute atomic E-state index is 0.00964. The highest BCUT2D eigenvalue weighted by molar-refractivity contribution is 5.40. The number of aromatic nitrogens is 3. The van der Waals surface area contributed by atoms with Crippen LogP contribution in [0.5, 0.6) is 0 Å². The van der Waals surface area contributed by atoms with Gasteiger partial charge < -0.3 is 5.32 Å². The molecule has 0 aromatic carbocycles. The summed E-state index contributed by atoms with van der Waals surface area (Å²) in [6.45, 7) is 6.12. The molecule has 0 aliphatic heterocycles. The molecule has 0 fully saturated rings. The zero-order chi connectivity index (χ0) is 13.1. The summed E-state index contributed by atoms with van der Waals surface area (Å²) in [6, 6.07) is 3.44. The lowest BCUT2D eigenvalue weighted by atomic mass is 10.2. The summed E-state index contributed by atoms with van der Waals surface area (Å²) >= 11 is 0. The molecule has 5 heteroatoms. The van der Waals surface area contributed by atoms with Crippen molar-refractivity contribution in [2.75, 3.05) is 5.32 Å². The van der Waals surface area contributed by atoms with Crippen molar-refractivity contribution in [3.63, 3.8) is 0 Å². The Labute approximate surface area is 106 Å². The maximum Gasteiger partial charge on any atom is 0.141 e. The molecular formula is C13H17FN4. The Balaban J connectivity index is 2.06. The first-order valence-electron chi connectivity index (χ1n) is 5.98. The van der Waals surface area contributed by atoms with E-state index in [1.165, 1.54) is 12.3 Å². The molecule has 2 aromatic rings. The second-order valence-electron chi connectivity index (χ2n) is 4.57. The molecule has 0 saturated heterocycles. The SMILES string of the molecule is CC(Nc1cnn(C(C)C)c1)c1ccc(F)cn1. The number of nitrogens with zero attached hydrogens (tertiary/aromatic N) is 3. The molecule has 0 spiro atoms. The molecule has 4 nitrogen and oxygen atoms in total. The minimum atomic E-state index is -0.321. The number of hydrogen-bond acceptors (Lipinski definition) is 3. The van der Waals surface area contributed by atoms with E-state index in [2.05, 4.69) is 29.2 Å². The molecule has 0 saturated carbocycles. The molecule has 1 atom stereocenters. The normalized spacial score (nSPS) is 12.7. The lowest BCUT2D eigenvalue weighted by molar-refractivity contribution is 0.532. The van der Waals surface area contributed by atoms with Gasteiger partial charge in [-0.25, -0.2) is 4.39 Å². The molecule has 0 amide bonds. The molecule has 1 N–H and O–H groups in total. The van der Waals surface area contributed by atoms with Crippen LogP contribution < -0.4 is 5.32 Å². The topological polar surface area (TPSA) is 42.7 Å². The van der Waals surface area contributed by atoms with Gasteiger partial charge in [-0.1, -0.05) is 0 Å². The largest absolute Gasteiger partial charge is 0.374 e. The third-order valence-electron chi connectivity index (χ3n) is 2.71. The van der Waals surface area contributed by atoms with Crippen molar-refractivity contribution in [2.45, 2.75) is 32.9 Å². The fourth-order valence-corrected chi connectivity index (χ4v) is 1.66. The van der Waals surface area contributed by atoms with E-state index >= 15 is 0 Å². The Hall–Kier alpha value is -1.91. The third kappa shape index (κ3) is 2.85. The molecule has 96 valence electrons. The van der Waals surface area contributed by atoms with Crippen LogP contribution in [0.15, 0.2) is 30.7 Å². The van der Waals surface area contributed by atoms with Gasteiger partial charge in [0.25, 0.3) is 0 Å². The van der Waals surface area contributed by atoms with Crippen molar-refractivity contribution in [2.24, 2.45) is 0 Å². The van der Waals surface area contributed by atoms with Gasteiger partial charge in [0.2, 0.25) is 0 Å². The van der Waals surface area contributed by atoms with Crippen LogP contribution in [-0.2, 0) is 0 Å².